The molecule has 6 nitrogen and oxygen atoms in total. The smallest absolute Gasteiger partial charge is 0.179 e. The van der Waals surface area contributed by atoms with Crippen molar-refractivity contribution >= 4 is 0 Å². The van der Waals surface area contributed by atoms with Gasteiger partial charge in [-0.1, -0.05) is 37.0 Å². The van der Waals surface area contributed by atoms with Crippen LogP contribution in [0.1, 0.15) is 43.5 Å². The Labute approximate surface area is 124 Å². The molecule has 0 aliphatic heterocycles. The minimum atomic E-state index is -0.493. The van der Waals surface area contributed by atoms with Crippen LogP contribution in [0.15, 0.2) is 24.3 Å². The lowest BCUT2D eigenvalue weighted by Gasteiger charge is -2.39. The quantitative estimate of drug-likeness (QED) is 0.878. The van der Waals surface area contributed by atoms with Gasteiger partial charge in [0.25, 0.3) is 0 Å². The number of rotatable bonds is 3. The molecule has 0 saturated heterocycles. The largest absolute Gasteiger partial charge is 0.313 e. The number of hydrogen-bond acceptors (Lipinski definition) is 5. The average Bonchev–Trinajstić information content (AvgIpc) is 2.98. The van der Waals surface area contributed by atoms with Gasteiger partial charge in [-0.05, 0) is 42.3 Å². The van der Waals surface area contributed by atoms with Crippen LogP contribution in [0.4, 0.5) is 0 Å². The summed E-state index contributed by atoms with van der Waals surface area (Å²) in [7, 11) is 1.69. The molecule has 0 radical (unpaired) electrons. The van der Waals surface area contributed by atoms with Crippen molar-refractivity contribution in [2.45, 2.75) is 44.6 Å². The van der Waals surface area contributed by atoms with Crippen LogP contribution in [0.25, 0.3) is 5.69 Å². The molecule has 0 unspecified atom stereocenters. The standard InChI is InChI=1S/C15H21N5O/c1-12-6-8-13(9-7-12)20-14(16-17-18-20)15(19(2)21)10-4-3-5-11-15/h6-9,21H,3-5,10-11H2,1-2H3. The predicted molar refractivity (Wildman–Crippen MR) is 78.2 cm³/mol. The topological polar surface area (TPSA) is 67.1 Å². The van der Waals surface area contributed by atoms with Crippen molar-refractivity contribution in [1.29, 1.82) is 0 Å². The van der Waals surface area contributed by atoms with Crippen molar-refractivity contribution in [3.8, 4) is 5.69 Å². The fourth-order valence-corrected chi connectivity index (χ4v) is 3.17. The maximum Gasteiger partial charge on any atom is 0.179 e. The van der Waals surface area contributed by atoms with E-state index in [1.165, 1.54) is 17.0 Å². The van der Waals surface area contributed by atoms with Gasteiger partial charge in [0.15, 0.2) is 5.82 Å². The second-order valence-corrected chi connectivity index (χ2v) is 5.87. The number of hydroxylamine groups is 2. The highest BCUT2D eigenvalue weighted by atomic mass is 16.5. The first-order valence-electron chi connectivity index (χ1n) is 7.42. The summed E-state index contributed by atoms with van der Waals surface area (Å²) in [5, 5.41) is 23.8. The number of benzene rings is 1. The Hall–Kier alpha value is -1.79. The molecule has 6 heteroatoms. The minimum Gasteiger partial charge on any atom is -0.313 e. The SMILES string of the molecule is Cc1ccc(-n2nnnc2C2(N(C)O)CCCCC2)cc1. The van der Waals surface area contributed by atoms with E-state index in [0.29, 0.717) is 0 Å². The molecule has 1 fully saturated rings. The van der Waals surface area contributed by atoms with Crippen molar-refractivity contribution in [3.63, 3.8) is 0 Å². The zero-order valence-electron chi connectivity index (χ0n) is 12.5. The van der Waals surface area contributed by atoms with E-state index in [1.54, 1.807) is 11.7 Å². The Morgan fingerprint density at radius 2 is 1.81 bits per heavy atom. The molecule has 1 N–H and O–H groups in total. The van der Waals surface area contributed by atoms with Gasteiger partial charge in [-0.3, -0.25) is 0 Å². The van der Waals surface area contributed by atoms with Crippen LogP contribution in [0.3, 0.4) is 0 Å². The second-order valence-electron chi connectivity index (χ2n) is 5.87. The zero-order chi connectivity index (χ0) is 14.9. The molecule has 0 amide bonds. The first kappa shape index (κ1) is 14.2. The van der Waals surface area contributed by atoms with Crippen LogP contribution in [-0.4, -0.2) is 37.5 Å². The summed E-state index contributed by atoms with van der Waals surface area (Å²) in [6.07, 6.45) is 5.08. The van der Waals surface area contributed by atoms with Crippen LogP contribution >= 0.6 is 0 Å². The molecule has 21 heavy (non-hydrogen) atoms. The van der Waals surface area contributed by atoms with Gasteiger partial charge < -0.3 is 5.21 Å². The summed E-state index contributed by atoms with van der Waals surface area (Å²) in [4.78, 5) is 0. The lowest BCUT2D eigenvalue weighted by molar-refractivity contribution is -0.173. The van der Waals surface area contributed by atoms with Crippen LogP contribution in [-0.2, 0) is 5.54 Å². The number of hydrogen-bond donors (Lipinski definition) is 1. The summed E-state index contributed by atoms with van der Waals surface area (Å²) >= 11 is 0. The summed E-state index contributed by atoms with van der Waals surface area (Å²) in [5.74, 6) is 0.719. The van der Waals surface area contributed by atoms with Crippen molar-refractivity contribution in [2.75, 3.05) is 7.05 Å². The number of aryl methyl sites for hydroxylation is 1. The first-order valence-corrected chi connectivity index (χ1v) is 7.42. The van der Waals surface area contributed by atoms with Gasteiger partial charge in [-0.2, -0.15) is 9.75 Å². The Morgan fingerprint density at radius 3 is 2.43 bits per heavy atom. The fourth-order valence-electron chi connectivity index (χ4n) is 3.17. The van der Waals surface area contributed by atoms with Crippen molar-refractivity contribution in [2.24, 2.45) is 0 Å². The molecule has 0 atom stereocenters. The van der Waals surface area contributed by atoms with Crippen molar-refractivity contribution < 1.29 is 5.21 Å². The van der Waals surface area contributed by atoms with Gasteiger partial charge in [-0.15, -0.1) is 5.10 Å². The Bertz CT molecular complexity index is 599. The third-order valence-corrected chi connectivity index (χ3v) is 4.46. The molecule has 0 bridgehead atoms. The number of tetrazole rings is 1. The van der Waals surface area contributed by atoms with Crippen LogP contribution in [0, 0.1) is 6.92 Å². The maximum absolute atomic E-state index is 10.2. The van der Waals surface area contributed by atoms with Gasteiger partial charge in [-0.25, -0.2) is 0 Å². The highest BCUT2D eigenvalue weighted by molar-refractivity contribution is 5.34. The number of aromatic nitrogens is 4. The van der Waals surface area contributed by atoms with Gasteiger partial charge >= 0.3 is 0 Å². The Morgan fingerprint density at radius 1 is 1.14 bits per heavy atom. The van der Waals surface area contributed by atoms with E-state index in [4.69, 9.17) is 0 Å². The lowest BCUT2D eigenvalue weighted by Crippen LogP contribution is -2.45. The van der Waals surface area contributed by atoms with E-state index in [-0.39, 0.29) is 0 Å². The lowest BCUT2D eigenvalue weighted by atomic mass is 9.80. The van der Waals surface area contributed by atoms with Crippen LogP contribution in [0.5, 0.6) is 0 Å². The molecule has 1 aromatic carbocycles. The number of nitrogens with zero attached hydrogens (tertiary/aromatic N) is 5. The van der Waals surface area contributed by atoms with E-state index in [2.05, 4.69) is 22.4 Å². The highest BCUT2D eigenvalue weighted by Gasteiger charge is 2.42. The zero-order valence-corrected chi connectivity index (χ0v) is 12.5. The van der Waals surface area contributed by atoms with Gasteiger partial charge in [0.05, 0.1) is 5.69 Å². The summed E-state index contributed by atoms with van der Waals surface area (Å²) < 4.78 is 1.75. The Kier molecular flexibility index (Phi) is 3.73. The molecule has 1 aliphatic carbocycles. The molecule has 0 spiro atoms. The highest BCUT2D eigenvalue weighted by Crippen LogP contribution is 2.40. The second kappa shape index (κ2) is 5.54. The molecule has 112 valence electrons. The normalized spacial score (nSPS) is 18.1. The van der Waals surface area contributed by atoms with Gasteiger partial charge in [0.1, 0.15) is 5.54 Å². The van der Waals surface area contributed by atoms with E-state index in [0.717, 1.165) is 37.2 Å². The maximum atomic E-state index is 10.2. The van der Waals surface area contributed by atoms with Crippen LogP contribution < -0.4 is 0 Å². The van der Waals surface area contributed by atoms with Crippen molar-refractivity contribution in [1.82, 2.24) is 25.3 Å². The summed E-state index contributed by atoms with van der Waals surface area (Å²) in [5.41, 5.74) is 1.62. The average molecular weight is 287 g/mol. The fraction of sp³-hybridized carbons (Fsp3) is 0.533. The van der Waals surface area contributed by atoms with Gasteiger partial charge in [0.2, 0.25) is 0 Å². The van der Waals surface area contributed by atoms with E-state index < -0.39 is 5.54 Å². The van der Waals surface area contributed by atoms with E-state index >= 15 is 0 Å². The summed E-state index contributed by atoms with van der Waals surface area (Å²) in [6, 6.07) is 8.08. The summed E-state index contributed by atoms with van der Waals surface area (Å²) in [6.45, 7) is 2.05. The molecule has 1 saturated carbocycles. The van der Waals surface area contributed by atoms with Gasteiger partial charge in [0, 0.05) is 7.05 Å². The van der Waals surface area contributed by atoms with Crippen LogP contribution in [0.2, 0.25) is 0 Å². The Balaban J connectivity index is 2.06. The molecule has 3 rings (SSSR count). The monoisotopic (exact) mass is 287 g/mol. The van der Waals surface area contributed by atoms with E-state index in [9.17, 15) is 5.21 Å². The minimum absolute atomic E-state index is 0.493. The molecule has 1 aromatic heterocycles. The van der Waals surface area contributed by atoms with E-state index in [1.807, 2.05) is 24.3 Å². The third kappa shape index (κ3) is 2.45. The molecule has 1 heterocycles. The third-order valence-electron chi connectivity index (χ3n) is 4.46. The van der Waals surface area contributed by atoms with Crippen molar-refractivity contribution in [3.05, 3.63) is 35.7 Å². The molecule has 2 aromatic rings. The molecular formula is C15H21N5O. The molecular weight excluding hydrogens is 266 g/mol. The molecule has 1 aliphatic rings. The predicted octanol–water partition coefficient (Wildman–Crippen LogP) is 2.45. The first-order chi connectivity index (χ1) is 10.1.